The molecule has 0 aromatic heterocycles. The number of hydrogen-bond donors (Lipinski definition) is 1. The van der Waals surface area contributed by atoms with Crippen LogP contribution in [0, 0.1) is 5.92 Å². The van der Waals surface area contributed by atoms with Crippen LogP contribution in [0.2, 0.25) is 0 Å². The second-order valence-corrected chi connectivity index (χ2v) is 5.16. The summed E-state index contributed by atoms with van der Waals surface area (Å²) in [5.74, 6) is 0.241. The van der Waals surface area contributed by atoms with Crippen LogP contribution < -0.4 is 5.73 Å². The number of nitrogens with zero attached hydrogens (tertiary/aromatic N) is 1. The first-order valence-electron chi connectivity index (χ1n) is 7.05. The average Bonchev–Trinajstić information content (AvgIpc) is 2.38. The zero-order valence-corrected chi connectivity index (χ0v) is 12.5. The molecule has 0 atom stereocenters. The topological polar surface area (TPSA) is 72.6 Å². The zero-order chi connectivity index (χ0) is 14.7. The van der Waals surface area contributed by atoms with Gasteiger partial charge in [-0.1, -0.05) is 20.3 Å². The highest BCUT2D eigenvalue weighted by Gasteiger charge is 2.15. The number of hydrogen-bond acceptors (Lipinski definition) is 4. The summed E-state index contributed by atoms with van der Waals surface area (Å²) < 4.78 is 4.61. The van der Waals surface area contributed by atoms with Gasteiger partial charge in [-0.15, -0.1) is 0 Å². The number of carbonyl (C=O) groups is 2. The lowest BCUT2D eigenvalue weighted by molar-refractivity contribution is -0.141. The predicted molar refractivity (Wildman–Crippen MR) is 75.6 cm³/mol. The summed E-state index contributed by atoms with van der Waals surface area (Å²) in [6.07, 6.45) is 3.60. The van der Waals surface area contributed by atoms with Crippen molar-refractivity contribution in [3.8, 4) is 0 Å². The summed E-state index contributed by atoms with van der Waals surface area (Å²) in [4.78, 5) is 25.0. The molecule has 0 aromatic carbocycles. The van der Waals surface area contributed by atoms with Gasteiger partial charge in [0.15, 0.2) is 0 Å². The Bertz CT molecular complexity index is 267. The van der Waals surface area contributed by atoms with Crippen LogP contribution in [0.15, 0.2) is 0 Å². The Balaban J connectivity index is 4.15. The molecule has 19 heavy (non-hydrogen) atoms. The highest BCUT2D eigenvalue weighted by atomic mass is 16.5. The van der Waals surface area contributed by atoms with Gasteiger partial charge in [-0.25, -0.2) is 0 Å². The Kier molecular flexibility index (Phi) is 10.2. The average molecular weight is 272 g/mol. The van der Waals surface area contributed by atoms with Gasteiger partial charge >= 0.3 is 5.97 Å². The molecule has 5 nitrogen and oxygen atoms in total. The number of nitrogens with two attached hydrogens (primary N) is 1. The third-order valence-corrected chi connectivity index (χ3v) is 2.85. The Hall–Kier alpha value is -1.10. The van der Waals surface area contributed by atoms with Crippen molar-refractivity contribution in [2.24, 2.45) is 11.7 Å². The molecule has 5 heteroatoms. The first-order chi connectivity index (χ1) is 9.01. The normalized spacial score (nSPS) is 10.6. The number of esters is 1. The fraction of sp³-hybridized carbons (Fsp3) is 0.857. The van der Waals surface area contributed by atoms with E-state index in [0.717, 1.165) is 19.3 Å². The van der Waals surface area contributed by atoms with Crippen molar-refractivity contribution < 1.29 is 14.3 Å². The fourth-order valence-corrected chi connectivity index (χ4v) is 1.84. The SMILES string of the molecule is COC(=O)CCN(CC(C)C)C(=O)CCCCCN. The molecule has 0 heterocycles. The van der Waals surface area contributed by atoms with E-state index in [2.05, 4.69) is 18.6 Å². The largest absolute Gasteiger partial charge is 0.469 e. The second kappa shape index (κ2) is 10.8. The molecule has 0 aromatic rings. The highest BCUT2D eigenvalue weighted by Crippen LogP contribution is 2.07. The number of rotatable bonds is 10. The van der Waals surface area contributed by atoms with Gasteiger partial charge < -0.3 is 15.4 Å². The van der Waals surface area contributed by atoms with Crippen LogP contribution in [-0.4, -0.2) is 43.5 Å². The third-order valence-electron chi connectivity index (χ3n) is 2.85. The Labute approximate surface area is 116 Å². The second-order valence-electron chi connectivity index (χ2n) is 5.16. The molecule has 0 bridgehead atoms. The minimum atomic E-state index is -0.273. The van der Waals surface area contributed by atoms with E-state index in [1.807, 2.05) is 0 Å². The van der Waals surface area contributed by atoms with Gasteiger partial charge in [0.1, 0.15) is 0 Å². The molecular formula is C14H28N2O3. The minimum absolute atomic E-state index is 0.120. The van der Waals surface area contributed by atoms with Crippen LogP contribution in [-0.2, 0) is 14.3 Å². The first-order valence-corrected chi connectivity index (χ1v) is 7.05. The standard InChI is InChI=1S/C14H28N2O3/c1-12(2)11-16(10-8-14(18)19-3)13(17)7-5-4-6-9-15/h12H,4-11,15H2,1-3H3. The highest BCUT2D eigenvalue weighted by molar-refractivity contribution is 5.77. The van der Waals surface area contributed by atoms with Crippen LogP contribution in [0.25, 0.3) is 0 Å². The molecule has 0 aliphatic heterocycles. The van der Waals surface area contributed by atoms with E-state index in [-0.39, 0.29) is 18.3 Å². The number of ether oxygens (including phenoxy) is 1. The van der Waals surface area contributed by atoms with Crippen molar-refractivity contribution in [3.05, 3.63) is 0 Å². The summed E-state index contributed by atoms with van der Waals surface area (Å²) in [5, 5.41) is 0. The molecule has 0 radical (unpaired) electrons. The maximum absolute atomic E-state index is 12.1. The lowest BCUT2D eigenvalue weighted by atomic mass is 10.1. The molecular weight excluding hydrogens is 244 g/mol. The van der Waals surface area contributed by atoms with Gasteiger partial charge in [-0.05, 0) is 25.3 Å². The molecule has 0 unspecified atom stereocenters. The summed E-state index contributed by atoms with van der Waals surface area (Å²) in [6, 6.07) is 0. The summed E-state index contributed by atoms with van der Waals surface area (Å²) in [6.45, 7) is 5.93. The van der Waals surface area contributed by atoms with Gasteiger partial charge in [0, 0.05) is 19.5 Å². The lowest BCUT2D eigenvalue weighted by Gasteiger charge is -2.24. The van der Waals surface area contributed by atoms with Crippen molar-refractivity contribution in [2.75, 3.05) is 26.7 Å². The quantitative estimate of drug-likeness (QED) is 0.484. The number of amides is 1. The van der Waals surface area contributed by atoms with Crippen molar-refractivity contribution in [1.29, 1.82) is 0 Å². The van der Waals surface area contributed by atoms with E-state index >= 15 is 0 Å². The minimum Gasteiger partial charge on any atom is -0.469 e. The van der Waals surface area contributed by atoms with Crippen LogP contribution in [0.4, 0.5) is 0 Å². The van der Waals surface area contributed by atoms with Crippen molar-refractivity contribution in [2.45, 2.75) is 46.0 Å². The fourth-order valence-electron chi connectivity index (χ4n) is 1.84. The van der Waals surface area contributed by atoms with Crippen molar-refractivity contribution >= 4 is 11.9 Å². The van der Waals surface area contributed by atoms with Crippen LogP contribution >= 0.6 is 0 Å². The summed E-state index contributed by atoms with van der Waals surface area (Å²) in [5.41, 5.74) is 5.42. The van der Waals surface area contributed by atoms with Crippen molar-refractivity contribution in [1.82, 2.24) is 4.90 Å². The molecule has 112 valence electrons. The first kappa shape index (κ1) is 17.9. The lowest BCUT2D eigenvalue weighted by Crippen LogP contribution is -2.36. The van der Waals surface area contributed by atoms with Crippen LogP contribution in [0.5, 0.6) is 0 Å². The monoisotopic (exact) mass is 272 g/mol. The smallest absolute Gasteiger partial charge is 0.307 e. The summed E-state index contributed by atoms with van der Waals surface area (Å²) in [7, 11) is 1.36. The van der Waals surface area contributed by atoms with E-state index in [9.17, 15) is 9.59 Å². The van der Waals surface area contributed by atoms with Gasteiger partial charge in [0.05, 0.1) is 13.5 Å². The maximum atomic E-state index is 12.1. The maximum Gasteiger partial charge on any atom is 0.307 e. The molecule has 0 rings (SSSR count). The molecule has 0 aliphatic carbocycles. The number of unbranched alkanes of at least 4 members (excludes halogenated alkanes) is 2. The molecule has 0 spiro atoms. The van der Waals surface area contributed by atoms with E-state index in [4.69, 9.17) is 5.73 Å². The molecule has 0 saturated carbocycles. The number of carbonyl (C=O) groups excluding carboxylic acids is 2. The Morgan fingerprint density at radius 2 is 1.84 bits per heavy atom. The Morgan fingerprint density at radius 3 is 2.37 bits per heavy atom. The third kappa shape index (κ3) is 9.47. The summed E-state index contributed by atoms with van der Waals surface area (Å²) >= 11 is 0. The number of methoxy groups -OCH3 is 1. The van der Waals surface area contributed by atoms with E-state index < -0.39 is 0 Å². The molecule has 2 N–H and O–H groups in total. The van der Waals surface area contributed by atoms with Gasteiger partial charge in [0.2, 0.25) is 5.91 Å². The molecule has 1 amide bonds. The molecule has 0 saturated heterocycles. The van der Waals surface area contributed by atoms with Gasteiger partial charge in [-0.2, -0.15) is 0 Å². The van der Waals surface area contributed by atoms with Crippen molar-refractivity contribution in [3.63, 3.8) is 0 Å². The molecule has 0 aliphatic rings. The van der Waals surface area contributed by atoms with Crippen LogP contribution in [0.1, 0.15) is 46.0 Å². The molecule has 0 fully saturated rings. The predicted octanol–water partition coefficient (Wildman–Crippen LogP) is 1.55. The van der Waals surface area contributed by atoms with E-state index in [1.165, 1.54) is 7.11 Å². The van der Waals surface area contributed by atoms with E-state index in [1.54, 1.807) is 4.90 Å². The van der Waals surface area contributed by atoms with Gasteiger partial charge in [0.25, 0.3) is 0 Å². The van der Waals surface area contributed by atoms with Gasteiger partial charge in [-0.3, -0.25) is 9.59 Å². The zero-order valence-electron chi connectivity index (χ0n) is 12.5. The Morgan fingerprint density at radius 1 is 1.16 bits per heavy atom. The van der Waals surface area contributed by atoms with E-state index in [0.29, 0.717) is 32.0 Å². The van der Waals surface area contributed by atoms with Crippen LogP contribution in [0.3, 0.4) is 0 Å².